The number of Topliss-reactive ketones (excluding diaryl/α,β-unsaturated/α-hetero) is 1. The molecular formula is C7H10N2O2S. The van der Waals surface area contributed by atoms with E-state index in [1.807, 2.05) is 0 Å². The molecule has 4 nitrogen and oxygen atoms in total. The summed E-state index contributed by atoms with van der Waals surface area (Å²) in [5.41, 5.74) is 5.24. The monoisotopic (exact) mass is 186 g/mol. The highest BCUT2D eigenvalue weighted by molar-refractivity contribution is 7.15. The molecule has 0 saturated heterocycles. The summed E-state index contributed by atoms with van der Waals surface area (Å²) in [5.74, 6) is 0.0262. The van der Waals surface area contributed by atoms with E-state index in [1.54, 1.807) is 0 Å². The number of ether oxygens (including phenoxy) is 1. The number of rotatable bonds is 4. The molecule has 0 atom stereocenters. The molecule has 5 heteroatoms. The molecule has 66 valence electrons. The molecular weight excluding hydrogens is 176 g/mol. The first-order chi connectivity index (χ1) is 5.77. The van der Waals surface area contributed by atoms with Gasteiger partial charge < -0.3 is 10.5 Å². The molecule has 0 unspecified atom stereocenters. The Labute approximate surface area is 74.4 Å². The van der Waals surface area contributed by atoms with Crippen LogP contribution in [-0.2, 0) is 0 Å². The summed E-state index contributed by atoms with van der Waals surface area (Å²) < 4.78 is 4.85. The van der Waals surface area contributed by atoms with E-state index in [0.717, 1.165) is 0 Å². The van der Waals surface area contributed by atoms with E-state index in [9.17, 15) is 4.79 Å². The van der Waals surface area contributed by atoms with Crippen LogP contribution in [0, 0.1) is 0 Å². The number of hydrogen-bond donors (Lipinski definition) is 1. The number of hydrogen-bond acceptors (Lipinski definition) is 5. The first-order valence-electron chi connectivity index (χ1n) is 3.51. The molecule has 1 heterocycles. The zero-order chi connectivity index (χ0) is 8.97. The highest BCUT2D eigenvalue weighted by atomic mass is 32.1. The number of carbonyl (C=O) groups excluding carboxylic acids is 1. The summed E-state index contributed by atoms with van der Waals surface area (Å²) in [6, 6.07) is 0. The number of ketones is 1. The average Bonchev–Trinajstić information content (AvgIpc) is 2.52. The van der Waals surface area contributed by atoms with Gasteiger partial charge in [0, 0.05) is 6.42 Å². The van der Waals surface area contributed by atoms with Crippen LogP contribution in [0.3, 0.4) is 0 Å². The van der Waals surface area contributed by atoms with Gasteiger partial charge in [-0.15, -0.1) is 0 Å². The minimum absolute atomic E-state index is 0.0262. The minimum Gasteiger partial charge on any atom is -0.473 e. The summed E-state index contributed by atoms with van der Waals surface area (Å²) in [6.07, 6.45) is 1.88. The lowest BCUT2D eigenvalue weighted by Crippen LogP contribution is -2.06. The van der Waals surface area contributed by atoms with E-state index in [-0.39, 0.29) is 5.78 Å². The minimum atomic E-state index is 0.0262. The Morgan fingerprint density at radius 1 is 1.83 bits per heavy atom. The maximum atomic E-state index is 11.2. The molecule has 1 aromatic heterocycles. The molecule has 12 heavy (non-hydrogen) atoms. The SMILES string of the molecule is COc1ncc(C(=O)CCN)s1. The van der Waals surface area contributed by atoms with Crippen molar-refractivity contribution >= 4 is 17.1 Å². The molecule has 0 aliphatic carbocycles. The lowest BCUT2D eigenvalue weighted by atomic mass is 10.2. The van der Waals surface area contributed by atoms with Crippen LogP contribution in [-0.4, -0.2) is 24.4 Å². The number of aromatic nitrogens is 1. The molecule has 0 radical (unpaired) electrons. The second-order valence-corrected chi connectivity index (χ2v) is 3.15. The first kappa shape index (κ1) is 9.15. The number of methoxy groups -OCH3 is 1. The third kappa shape index (κ3) is 2.02. The van der Waals surface area contributed by atoms with Gasteiger partial charge in [-0.2, -0.15) is 0 Å². The third-order valence-corrected chi connectivity index (χ3v) is 2.31. The Bertz CT molecular complexity index is 272. The van der Waals surface area contributed by atoms with Gasteiger partial charge in [0.1, 0.15) is 0 Å². The maximum absolute atomic E-state index is 11.2. The van der Waals surface area contributed by atoms with Crippen LogP contribution in [0.25, 0.3) is 0 Å². The van der Waals surface area contributed by atoms with Crippen LogP contribution < -0.4 is 10.5 Å². The Morgan fingerprint density at radius 3 is 3.08 bits per heavy atom. The van der Waals surface area contributed by atoms with E-state index >= 15 is 0 Å². The van der Waals surface area contributed by atoms with Crippen LogP contribution in [0.2, 0.25) is 0 Å². The average molecular weight is 186 g/mol. The van der Waals surface area contributed by atoms with Gasteiger partial charge in [-0.3, -0.25) is 4.79 Å². The van der Waals surface area contributed by atoms with Gasteiger partial charge in [0.2, 0.25) is 0 Å². The second kappa shape index (κ2) is 4.18. The highest BCUT2D eigenvalue weighted by Gasteiger charge is 2.09. The number of nitrogens with zero attached hydrogens (tertiary/aromatic N) is 1. The van der Waals surface area contributed by atoms with Crippen molar-refractivity contribution in [3.05, 3.63) is 11.1 Å². The molecule has 0 fully saturated rings. The van der Waals surface area contributed by atoms with Gasteiger partial charge in [-0.25, -0.2) is 4.98 Å². The summed E-state index contributed by atoms with van der Waals surface area (Å²) in [6.45, 7) is 0.374. The van der Waals surface area contributed by atoms with Gasteiger partial charge in [-0.1, -0.05) is 11.3 Å². The number of thiazole rings is 1. The Balaban J connectivity index is 2.68. The van der Waals surface area contributed by atoms with E-state index in [4.69, 9.17) is 10.5 Å². The van der Waals surface area contributed by atoms with Gasteiger partial charge >= 0.3 is 0 Å². The molecule has 0 spiro atoms. The largest absolute Gasteiger partial charge is 0.473 e. The Kier molecular flexibility index (Phi) is 3.19. The van der Waals surface area contributed by atoms with E-state index < -0.39 is 0 Å². The molecule has 0 bridgehead atoms. The van der Waals surface area contributed by atoms with E-state index in [0.29, 0.717) is 23.0 Å². The van der Waals surface area contributed by atoms with Crippen molar-refractivity contribution in [2.45, 2.75) is 6.42 Å². The molecule has 0 saturated carbocycles. The zero-order valence-electron chi connectivity index (χ0n) is 6.74. The predicted molar refractivity (Wildman–Crippen MR) is 46.7 cm³/mol. The molecule has 0 aliphatic rings. The highest BCUT2D eigenvalue weighted by Crippen LogP contribution is 2.20. The topological polar surface area (TPSA) is 65.2 Å². The van der Waals surface area contributed by atoms with Crippen LogP contribution in [0.15, 0.2) is 6.20 Å². The summed E-state index contributed by atoms with van der Waals surface area (Å²) in [5, 5.41) is 0.510. The van der Waals surface area contributed by atoms with Gasteiger partial charge in [0.05, 0.1) is 18.2 Å². The second-order valence-electron chi connectivity index (χ2n) is 2.16. The van der Waals surface area contributed by atoms with Crippen LogP contribution in [0.5, 0.6) is 5.19 Å². The van der Waals surface area contributed by atoms with Crippen molar-refractivity contribution in [2.24, 2.45) is 5.73 Å². The fraction of sp³-hybridized carbons (Fsp3) is 0.429. The summed E-state index contributed by atoms with van der Waals surface area (Å²) in [4.78, 5) is 15.7. The third-order valence-electron chi connectivity index (χ3n) is 1.31. The molecule has 2 N–H and O–H groups in total. The molecule has 0 aromatic carbocycles. The van der Waals surface area contributed by atoms with Crippen molar-refractivity contribution in [2.75, 3.05) is 13.7 Å². The lowest BCUT2D eigenvalue weighted by molar-refractivity contribution is 0.0989. The van der Waals surface area contributed by atoms with Crippen molar-refractivity contribution < 1.29 is 9.53 Å². The fourth-order valence-electron chi connectivity index (χ4n) is 0.736. The predicted octanol–water partition coefficient (Wildman–Crippen LogP) is 0.683. The van der Waals surface area contributed by atoms with Gasteiger partial charge in [0.25, 0.3) is 5.19 Å². The lowest BCUT2D eigenvalue weighted by Gasteiger charge is -1.91. The smallest absolute Gasteiger partial charge is 0.273 e. The Hall–Kier alpha value is -0.940. The van der Waals surface area contributed by atoms with Crippen molar-refractivity contribution in [1.82, 2.24) is 4.98 Å². The summed E-state index contributed by atoms with van der Waals surface area (Å²) >= 11 is 1.24. The van der Waals surface area contributed by atoms with Crippen LogP contribution in [0.1, 0.15) is 16.1 Å². The molecule has 1 aromatic rings. The molecule has 0 amide bonds. The first-order valence-corrected chi connectivity index (χ1v) is 4.32. The fourth-order valence-corrected chi connectivity index (χ4v) is 1.43. The maximum Gasteiger partial charge on any atom is 0.273 e. The van der Waals surface area contributed by atoms with Gasteiger partial charge in [0.15, 0.2) is 5.78 Å². The van der Waals surface area contributed by atoms with Crippen LogP contribution >= 0.6 is 11.3 Å². The van der Waals surface area contributed by atoms with E-state index in [2.05, 4.69) is 4.98 Å². The van der Waals surface area contributed by atoms with Crippen molar-refractivity contribution in [3.63, 3.8) is 0 Å². The number of carbonyl (C=O) groups is 1. The molecule has 1 rings (SSSR count). The van der Waals surface area contributed by atoms with Gasteiger partial charge in [-0.05, 0) is 6.54 Å². The van der Waals surface area contributed by atoms with E-state index in [1.165, 1.54) is 24.6 Å². The molecule has 0 aliphatic heterocycles. The quantitative estimate of drug-likeness (QED) is 0.702. The summed E-state index contributed by atoms with van der Waals surface area (Å²) in [7, 11) is 1.52. The van der Waals surface area contributed by atoms with Crippen molar-refractivity contribution in [3.8, 4) is 5.19 Å². The zero-order valence-corrected chi connectivity index (χ0v) is 7.56. The van der Waals surface area contributed by atoms with Crippen LogP contribution in [0.4, 0.5) is 0 Å². The van der Waals surface area contributed by atoms with Crippen molar-refractivity contribution in [1.29, 1.82) is 0 Å². The normalized spacial score (nSPS) is 9.83. The standard InChI is InChI=1S/C7H10N2O2S/c1-11-7-9-4-6(12-7)5(10)2-3-8/h4H,2-3,8H2,1H3. The Morgan fingerprint density at radius 2 is 2.58 bits per heavy atom. The number of nitrogens with two attached hydrogens (primary N) is 1.